The lowest BCUT2D eigenvalue weighted by molar-refractivity contribution is -0.112. The normalized spacial score (nSPS) is 10.7. The van der Waals surface area contributed by atoms with Gasteiger partial charge < -0.3 is 14.8 Å². The molecule has 160 valence electrons. The average Bonchev–Trinajstić information content (AvgIpc) is 2.82. The van der Waals surface area contributed by atoms with Crippen LogP contribution in [0.2, 0.25) is 0 Å². The molecule has 0 bridgehead atoms. The molecule has 0 atom stereocenters. The Kier molecular flexibility index (Phi) is 7.33. The summed E-state index contributed by atoms with van der Waals surface area (Å²) in [6.07, 6.45) is 1.46. The Morgan fingerprint density at radius 3 is 2.25 bits per heavy atom. The zero-order valence-electron chi connectivity index (χ0n) is 17.2. The van der Waals surface area contributed by atoms with E-state index >= 15 is 0 Å². The van der Waals surface area contributed by atoms with E-state index < -0.39 is 11.9 Å². The fourth-order valence-electron chi connectivity index (χ4n) is 2.73. The zero-order chi connectivity index (χ0) is 22.9. The fourth-order valence-corrected chi connectivity index (χ4v) is 2.73. The number of anilines is 1. The summed E-state index contributed by atoms with van der Waals surface area (Å²) in [6.45, 7) is 0.288. The van der Waals surface area contributed by atoms with E-state index in [-0.39, 0.29) is 18.0 Å². The lowest BCUT2D eigenvalue weighted by Gasteiger charge is -2.07. The number of nitrogens with zero attached hydrogens (tertiary/aromatic N) is 1. The Morgan fingerprint density at radius 1 is 1.00 bits per heavy atom. The lowest BCUT2D eigenvalue weighted by Crippen LogP contribution is -2.13. The number of hydrogen-bond acceptors (Lipinski definition) is 5. The highest BCUT2D eigenvalue weighted by Gasteiger charge is 2.11. The van der Waals surface area contributed by atoms with Crippen LogP contribution in [-0.2, 0) is 16.1 Å². The molecule has 0 aliphatic carbocycles. The van der Waals surface area contributed by atoms with Gasteiger partial charge in [0.15, 0.2) is 0 Å². The van der Waals surface area contributed by atoms with Gasteiger partial charge >= 0.3 is 5.97 Å². The van der Waals surface area contributed by atoms with Crippen molar-refractivity contribution in [3.05, 3.63) is 101 Å². The number of halogens is 1. The molecule has 0 saturated heterocycles. The van der Waals surface area contributed by atoms with Crippen LogP contribution in [0.5, 0.6) is 5.75 Å². The molecule has 0 aliphatic heterocycles. The van der Waals surface area contributed by atoms with Gasteiger partial charge in [-0.3, -0.25) is 4.79 Å². The Labute approximate surface area is 184 Å². The number of hydrogen-bond donors (Lipinski definition) is 1. The minimum Gasteiger partial charge on any atom is -0.489 e. The van der Waals surface area contributed by atoms with Gasteiger partial charge in [-0.05, 0) is 65.7 Å². The third kappa shape index (κ3) is 6.03. The molecule has 3 aromatic carbocycles. The van der Waals surface area contributed by atoms with Crippen LogP contribution in [0.1, 0.15) is 21.5 Å². The Bertz CT molecular complexity index is 1160. The van der Waals surface area contributed by atoms with Gasteiger partial charge in [-0.15, -0.1) is 0 Å². The SMILES string of the molecule is COC(=O)c1ccc(NC(=O)/C(C#N)=C/c2ccc(OCc3ccc(F)cc3)cc2)cc1. The first-order valence-corrected chi connectivity index (χ1v) is 9.57. The number of nitriles is 1. The molecule has 0 aliphatic rings. The van der Waals surface area contributed by atoms with Gasteiger partial charge in [-0.2, -0.15) is 5.26 Å². The summed E-state index contributed by atoms with van der Waals surface area (Å²) < 4.78 is 23.2. The van der Waals surface area contributed by atoms with Gasteiger partial charge in [0, 0.05) is 5.69 Å². The molecule has 3 aromatic rings. The summed E-state index contributed by atoms with van der Waals surface area (Å²) in [6, 6.07) is 20.9. The molecule has 6 nitrogen and oxygen atoms in total. The maximum Gasteiger partial charge on any atom is 0.337 e. The number of esters is 1. The van der Waals surface area contributed by atoms with Crippen LogP contribution in [-0.4, -0.2) is 19.0 Å². The van der Waals surface area contributed by atoms with Crippen molar-refractivity contribution < 1.29 is 23.5 Å². The van der Waals surface area contributed by atoms with Crippen molar-refractivity contribution in [3.8, 4) is 11.8 Å². The van der Waals surface area contributed by atoms with Gasteiger partial charge in [0.2, 0.25) is 0 Å². The molecule has 7 heteroatoms. The van der Waals surface area contributed by atoms with Crippen molar-refractivity contribution in [2.45, 2.75) is 6.61 Å². The summed E-state index contributed by atoms with van der Waals surface area (Å²) in [5.41, 5.74) is 2.18. The standard InChI is InChI=1S/C25H19FN2O4/c1-31-25(30)19-6-10-22(11-7-19)28-24(29)20(15-27)14-17-4-12-23(13-5-17)32-16-18-2-8-21(26)9-3-18/h2-14H,16H2,1H3,(H,28,29)/b20-14+. The first-order chi connectivity index (χ1) is 15.5. The molecule has 0 radical (unpaired) electrons. The van der Waals surface area contributed by atoms with Crippen LogP contribution in [0.15, 0.2) is 78.4 Å². The predicted octanol–water partition coefficient (Wildman–Crippen LogP) is 4.74. The zero-order valence-corrected chi connectivity index (χ0v) is 17.2. The smallest absolute Gasteiger partial charge is 0.337 e. The highest BCUT2D eigenvalue weighted by molar-refractivity contribution is 6.09. The number of carbonyl (C=O) groups excluding carboxylic acids is 2. The van der Waals surface area contributed by atoms with Crippen molar-refractivity contribution in [1.82, 2.24) is 0 Å². The molecule has 0 saturated carbocycles. The molecular weight excluding hydrogens is 411 g/mol. The van der Waals surface area contributed by atoms with Gasteiger partial charge in [0.25, 0.3) is 5.91 Å². The van der Waals surface area contributed by atoms with Gasteiger partial charge in [-0.25, -0.2) is 9.18 Å². The highest BCUT2D eigenvalue weighted by atomic mass is 19.1. The van der Waals surface area contributed by atoms with E-state index in [2.05, 4.69) is 10.1 Å². The molecule has 0 unspecified atom stereocenters. The summed E-state index contributed by atoms with van der Waals surface area (Å²) in [4.78, 5) is 23.9. The molecule has 3 rings (SSSR count). The maximum absolute atomic E-state index is 13.0. The number of benzene rings is 3. The molecule has 32 heavy (non-hydrogen) atoms. The van der Waals surface area contributed by atoms with Crippen molar-refractivity contribution in [1.29, 1.82) is 5.26 Å². The number of rotatable bonds is 7. The monoisotopic (exact) mass is 430 g/mol. The Morgan fingerprint density at radius 2 is 1.66 bits per heavy atom. The number of amides is 1. The third-order valence-corrected chi connectivity index (χ3v) is 4.44. The summed E-state index contributed by atoms with van der Waals surface area (Å²) >= 11 is 0. The molecule has 0 heterocycles. The van der Waals surface area contributed by atoms with Gasteiger partial charge in [0.05, 0.1) is 12.7 Å². The van der Waals surface area contributed by atoms with Crippen LogP contribution < -0.4 is 10.1 Å². The molecule has 0 spiro atoms. The van der Waals surface area contributed by atoms with Crippen LogP contribution in [0.25, 0.3) is 6.08 Å². The maximum atomic E-state index is 13.0. The summed E-state index contributed by atoms with van der Waals surface area (Å²) in [5.74, 6) is -0.763. The second-order valence-corrected chi connectivity index (χ2v) is 6.68. The summed E-state index contributed by atoms with van der Waals surface area (Å²) in [5, 5.41) is 12.0. The molecule has 0 aromatic heterocycles. The number of ether oxygens (including phenoxy) is 2. The minimum atomic E-state index is -0.574. The van der Waals surface area contributed by atoms with Crippen LogP contribution in [0.3, 0.4) is 0 Å². The van der Waals surface area contributed by atoms with E-state index in [9.17, 15) is 19.2 Å². The van der Waals surface area contributed by atoms with E-state index in [1.54, 1.807) is 48.5 Å². The number of carbonyl (C=O) groups is 2. The predicted molar refractivity (Wildman–Crippen MR) is 117 cm³/mol. The van der Waals surface area contributed by atoms with Crippen molar-refractivity contribution in [2.24, 2.45) is 0 Å². The van der Waals surface area contributed by atoms with E-state index in [4.69, 9.17) is 4.74 Å². The molecule has 0 fully saturated rings. The largest absolute Gasteiger partial charge is 0.489 e. The second kappa shape index (κ2) is 10.5. The minimum absolute atomic E-state index is 0.0815. The molecule has 1 amide bonds. The Balaban J connectivity index is 1.62. The van der Waals surface area contributed by atoms with Crippen molar-refractivity contribution in [2.75, 3.05) is 12.4 Å². The highest BCUT2D eigenvalue weighted by Crippen LogP contribution is 2.17. The number of methoxy groups -OCH3 is 1. The quantitative estimate of drug-likeness (QED) is 0.332. The fraction of sp³-hybridized carbons (Fsp3) is 0.0800. The Hall–Kier alpha value is -4.44. The van der Waals surface area contributed by atoms with E-state index in [0.717, 1.165) is 5.56 Å². The van der Waals surface area contributed by atoms with E-state index in [0.29, 0.717) is 22.6 Å². The lowest BCUT2D eigenvalue weighted by atomic mass is 10.1. The van der Waals surface area contributed by atoms with Crippen LogP contribution in [0, 0.1) is 17.1 Å². The first-order valence-electron chi connectivity index (χ1n) is 9.57. The second-order valence-electron chi connectivity index (χ2n) is 6.68. The topological polar surface area (TPSA) is 88.4 Å². The average molecular weight is 430 g/mol. The third-order valence-electron chi connectivity index (χ3n) is 4.44. The van der Waals surface area contributed by atoms with Crippen LogP contribution >= 0.6 is 0 Å². The van der Waals surface area contributed by atoms with Crippen molar-refractivity contribution >= 4 is 23.6 Å². The molecule has 1 N–H and O–H groups in total. The van der Waals surface area contributed by atoms with Crippen LogP contribution in [0.4, 0.5) is 10.1 Å². The van der Waals surface area contributed by atoms with E-state index in [1.165, 1.54) is 37.5 Å². The van der Waals surface area contributed by atoms with Crippen molar-refractivity contribution in [3.63, 3.8) is 0 Å². The van der Waals surface area contributed by atoms with Gasteiger partial charge in [-0.1, -0.05) is 24.3 Å². The summed E-state index contributed by atoms with van der Waals surface area (Å²) in [7, 11) is 1.28. The first kappa shape index (κ1) is 22.2. The number of nitrogens with one attached hydrogen (secondary N) is 1. The molecular formula is C25H19FN2O4. The van der Waals surface area contributed by atoms with E-state index in [1.807, 2.05) is 6.07 Å². The van der Waals surface area contributed by atoms with Gasteiger partial charge in [0.1, 0.15) is 29.8 Å².